The summed E-state index contributed by atoms with van der Waals surface area (Å²) >= 11 is 0. The number of rotatable bonds is 1. The zero-order valence-corrected chi connectivity index (χ0v) is 8.83. The van der Waals surface area contributed by atoms with Crippen molar-refractivity contribution in [2.75, 3.05) is 0 Å². The van der Waals surface area contributed by atoms with E-state index in [-0.39, 0.29) is 12.4 Å². The lowest BCUT2D eigenvalue weighted by Crippen LogP contribution is -1.98. The molecule has 0 aliphatic heterocycles. The van der Waals surface area contributed by atoms with Crippen LogP contribution in [0.5, 0.6) is 0 Å². The zero-order valence-electron chi connectivity index (χ0n) is 8.01. The van der Waals surface area contributed by atoms with E-state index in [2.05, 4.69) is 0 Å². The Hall–Kier alpha value is -1.54. The molecule has 0 radical (unpaired) electrons. The first-order chi connectivity index (χ1) is 6.77. The first-order valence-corrected chi connectivity index (χ1v) is 4.47. The lowest BCUT2D eigenvalue weighted by molar-refractivity contribution is 0.0697. The Balaban J connectivity index is 0.00000112. The van der Waals surface area contributed by atoms with Gasteiger partial charge in [0, 0.05) is 0 Å². The Morgan fingerprint density at radius 3 is 2.80 bits per heavy atom. The van der Waals surface area contributed by atoms with E-state index in [9.17, 15) is 4.79 Å². The third kappa shape index (κ3) is 2.48. The van der Waals surface area contributed by atoms with Crippen molar-refractivity contribution in [1.29, 1.82) is 0 Å². The van der Waals surface area contributed by atoms with Crippen LogP contribution in [0, 0.1) is 0 Å². The van der Waals surface area contributed by atoms with Crippen molar-refractivity contribution in [3.05, 3.63) is 53.1 Å². The van der Waals surface area contributed by atoms with Crippen LogP contribution in [0.1, 0.15) is 21.5 Å². The van der Waals surface area contributed by atoms with Crippen LogP contribution in [0.2, 0.25) is 0 Å². The van der Waals surface area contributed by atoms with Gasteiger partial charge in [-0.25, -0.2) is 4.79 Å². The van der Waals surface area contributed by atoms with Crippen molar-refractivity contribution in [3.8, 4) is 0 Å². The average molecular weight is 223 g/mol. The van der Waals surface area contributed by atoms with Crippen LogP contribution in [-0.2, 0) is 6.42 Å². The quantitative estimate of drug-likeness (QED) is 0.793. The highest BCUT2D eigenvalue weighted by atomic mass is 35.5. The lowest BCUT2D eigenvalue weighted by Gasteiger charge is -2.03. The maximum Gasteiger partial charge on any atom is 0.335 e. The van der Waals surface area contributed by atoms with E-state index in [1.165, 1.54) is 0 Å². The number of hydrogen-bond acceptors (Lipinski definition) is 1. The van der Waals surface area contributed by atoms with Gasteiger partial charge in [-0.3, -0.25) is 0 Å². The Kier molecular flexibility index (Phi) is 3.69. The molecular formula is C12H11ClO2. The largest absolute Gasteiger partial charge is 0.478 e. The van der Waals surface area contributed by atoms with Crippen LogP contribution in [0.25, 0.3) is 6.08 Å². The topological polar surface area (TPSA) is 37.3 Å². The van der Waals surface area contributed by atoms with E-state index in [0.29, 0.717) is 5.56 Å². The Morgan fingerprint density at radius 2 is 2.07 bits per heavy atom. The van der Waals surface area contributed by atoms with E-state index in [4.69, 9.17) is 5.11 Å². The molecular weight excluding hydrogens is 212 g/mol. The van der Waals surface area contributed by atoms with Crippen molar-refractivity contribution < 1.29 is 9.90 Å². The molecule has 0 saturated carbocycles. The number of aromatic carboxylic acids is 1. The van der Waals surface area contributed by atoms with Crippen molar-refractivity contribution in [1.82, 2.24) is 0 Å². The minimum Gasteiger partial charge on any atom is -0.478 e. The van der Waals surface area contributed by atoms with Gasteiger partial charge in [0.15, 0.2) is 0 Å². The van der Waals surface area contributed by atoms with Crippen LogP contribution in [0.15, 0.2) is 36.4 Å². The predicted molar refractivity (Wildman–Crippen MR) is 62.5 cm³/mol. The first-order valence-electron chi connectivity index (χ1n) is 4.47. The third-order valence-electron chi connectivity index (χ3n) is 2.25. The number of carboxylic acids is 1. The maximum absolute atomic E-state index is 10.7. The van der Waals surface area contributed by atoms with E-state index >= 15 is 0 Å². The summed E-state index contributed by atoms with van der Waals surface area (Å²) in [4.78, 5) is 10.7. The summed E-state index contributed by atoms with van der Waals surface area (Å²) in [6.07, 6.45) is 8.74. The lowest BCUT2D eigenvalue weighted by atomic mass is 10.0. The Morgan fingerprint density at radius 1 is 1.27 bits per heavy atom. The van der Waals surface area contributed by atoms with Gasteiger partial charge in [0.2, 0.25) is 0 Å². The number of allylic oxidation sites excluding steroid dienone is 3. The number of carbonyl (C=O) groups is 1. The molecule has 2 rings (SSSR count). The minimum absolute atomic E-state index is 0. The fourth-order valence-electron chi connectivity index (χ4n) is 1.51. The maximum atomic E-state index is 10.7. The van der Waals surface area contributed by atoms with Crippen molar-refractivity contribution in [3.63, 3.8) is 0 Å². The van der Waals surface area contributed by atoms with E-state index in [0.717, 1.165) is 17.5 Å². The van der Waals surface area contributed by atoms with Crippen LogP contribution in [0.3, 0.4) is 0 Å². The second-order valence-corrected chi connectivity index (χ2v) is 3.21. The van der Waals surface area contributed by atoms with Crippen LogP contribution in [-0.4, -0.2) is 11.1 Å². The number of halogens is 1. The molecule has 3 heteroatoms. The normalized spacial score (nSPS) is 12.5. The van der Waals surface area contributed by atoms with Crippen LogP contribution < -0.4 is 0 Å². The molecule has 0 heterocycles. The summed E-state index contributed by atoms with van der Waals surface area (Å²) in [5, 5.41) is 8.82. The highest BCUT2D eigenvalue weighted by molar-refractivity contribution is 5.88. The summed E-state index contributed by atoms with van der Waals surface area (Å²) in [5.41, 5.74) is 2.52. The molecule has 78 valence electrons. The Bertz CT molecular complexity index is 433. The van der Waals surface area contributed by atoms with Gasteiger partial charge in [-0.05, 0) is 29.7 Å². The molecule has 1 aliphatic carbocycles. The molecule has 1 aromatic carbocycles. The van der Waals surface area contributed by atoms with Gasteiger partial charge in [-0.15, -0.1) is 12.4 Å². The van der Waals surface area contributed by atoms with E-state index in [1.807, 2.05) is 30.4 Å². The molecule has 0 spiro atoms. The van der Waals surface area contributed by atoms with E-state index in [1.54, 1.807) is 12.1 Å². The van der Waals surface area contributed by atoms with Gasteiger partial charge < -0.3 is 5.11 Å². The van der Waals surface area contributed by atoms with Gasteiger partial charge in [-0.1, -0.05) is 30.4 Å². The molecule has 0 unspecified atom stereocenters. The number of fused-ring (bicyclic) bond motifs is 1. The third-order valence-corrected chi connectivity index (χ3v) is 2.25. The smallest absolute Gasteiger partial charge is 0.335 e. The van der Waals surface area contributed by atoms with Crippen LogP contribution >= 0.6 is 12.4 Å². The minimum atomic E-state index is -0.870. The molecule has 2 nitrogen and oxygen atoms in total. The predicted octanol–water partition coefficient (Wildman–Crippen LogP) is 2.93. The van der Waals surface area contributed by atoms with Crippen LogP contribution in [0.4, 0.5) is 0 Å². The molecule has 15 heavy (non-hydrogen) atoms. The van der Waals surface area contributed by atoms with Crippen molar-refractivity contribution >= 4 is 24.5 Å². The molecule has 1 aromatic rings. The number of hydrogen-bond donors (Lipinski definition) is 1. The zero-order chi connectivity index (χ0) is 9.97. The van der Waals surface area contributed by atoms with Crippen molar-refractivity contribution in [2.45, 2.75) is 6.42 Å². The molecule has 0 bridgehead atoms. The highest BCUT2D eigenvalue weighted by Crippen LogP contribution is 2.17. The van der Waals surface area contributed by atoms with E-state index < -0.39 is 5.97 Å². The molecule has 0 saturated heterocycles. The summed E-state index contributed by atoms with van der Waals surface area (Å²) in [6.45, 7) is 0. The highest BCUT2D eigenvalue weighted by Gasteiger charge is 2.06. The Labute approximate surface area is 94.3 Å². The van der Waals surface area contributed by atoms with Gasteiger partial charge >= 0.3 is 5.97 Å². The van der Waals surface area contributed by atoms with Crippen molar-refractivity contribution in [2.24, 2.45) is 0 Å². The monoisotopic (exact) mass is 222 g/mol. The molecule has 0 atom stereocenters. The number of benzene rings is 1. The second-order valence-electron chi connectivity index (χ2n) is 3.21. The second kappa shape index (κ2) is 4.80. The number of carboxylic acid groups (broad SMARTS) is 1. The summed E-state index contributed by atoms with van der Waals surface area (Å²) < 4.78 is 0. The molecule has 1 N–H and O–H groups in total. The van der Waals surface area contributed by atoms with Gasteiger partial charge in [0.1, 0.15) is 0 Å². The fraction of sp³-hybridized carbons (Fsp3) is 0.0833. The molecule has 0 fully saturated rings. The standard InChI is InChI=1S/C12H10O2.ClH/c13-12(14)11-7-6-9-4-2-1-3-5-10(9)8-11;/h1-4,6-8H,5H2,(H,13,14);1H. The molecule has 1 aliphatic rings. The summed E-state index contributed by atoms with van der Waals surface area (Å²) in [6, 6.07) is 5.22. The van der Waals surface area contributed by atoms with Gasteiger partial charge in [0.25, 0.3) is 0 Å². The molecule has 0 aromatic heterocycles. The summed E-state index contributed by atoms with van der Waals surface area (Å²) in [7, 11) is 0. The first kappa shape index (κ1) is 11.5. The summed E-state index contributed by atoms with van der Waals surface area (Å²) in [5.74, 6) is -0.870. The SMILES string of the molecule is Cl.O=C(O)c1ccc2c(c1)CC=CC=C2. The molecule has 0 amide bonds. The van der Waals surface area contributed by atoms with Gasteiger partial charge in [-0.2, -0.15) is 0 Å². The fourth-order valence-corrected chi connectivity index (χ4v) is 1.51. The average Bonchev–Trinajstić information content (AvgIpc) is 2.41. The van der Waals surface area contributed by atoms with Gasteiger partial charge in [0.05, 0.1) is 5.56 Å².